The summed E-state index contributed by atoms with van der Waals surface area (Å²) in [4.78, 5) is 25.9. The summed E-state index contributed by atoms with van der Waals surface area (Å²) >= 11 is 3.42. The Labute approximate surface area is 159 Å². The van der Waals surface area contributed by atoms with E-state index < -0.39 is 0 Å². The van der Waals surface area contributed by atoms with Crippen LogP contribution in [0.3, 0.4) is 0 Å². The third-order valence-electron chi connectivity index (χ3n) is 4.83. The van der Waals surface area contributed by atoms with Gasteiger partial charge in [-0.2, -0.15) is 0 Å². The number of ether oxygens (including phenoxy) is 1. The lowest BCUT2D eigenvalue weighted by molar-refractivity contribution is 0.123. The molecule has 0 saturated carbocycles. The van der Waals surface area contributed by atoms with Crippen LogP contribution in [-0.4, -0.2) is 32.0 Å². The van der Waals surface area contributed by atoms with Crippen LogP contribution in [0.15, 0.2) is 63.7 Å². The summed E-state index contributed by atoms with van der Waals surface area (Å²) in [6.45, 7) is 0.887. The molecule has 6 nitrogen and oxygen atoms in total. The Morgan fingerprint density at radius 3 is 2.77 bits per heavy atom. The Balaban J connectivity index is 1.76. The van der Waals surface area contributed by atoms with E-state index in [0.29, 0.717) is 18.8 Å². The minimum Gasteiger partial charge on any atom is -0.367 e. The Bertz CT molecular complexity index is 968. The molecule has 0 bridgehead atoms. The summed E-state index contributed by atoms with van der Waals surface area (Å²) in [7, 11) is 0. The minimum absolute atomic E-state index is 0.230. The van der Waals surface area contributed by atoms with E-state index in [9.17, 15) is 9.59 Å². The summed E-state index contributed by atoms with van der Waals surface area (Å²) in [5.41, 5.74) is 1.01. The molecule has 0 spiro atoms. The van der Waals surface area contributed by atoms with E-state index in [2.05, 4.69) is 22.0 Å². The van der Waals surface area contributed by atoms with Gasteiger partial charge < -0.3 is 4.74 Å². The third-order valence-corrected chi connectivity index (χ3v) is 5.39. The lowest BCUT2D eigenvalue weighted by Gasteiger charge is -2.23. The van der Waals surface area contributed by atoms with Crippen LogP contribution >= 0.6 is 15.9 Å². The smallest absolute Gasteiger partial charge is 0.352 e. The van der Waals surface area contributed by atoms with Gasteiger partial charge in [0.05, 0.1) is 18.8 Å². The van der Waals surface area contributed by atoms with Crippen molar-refractivity contribution in [3.05, 3.63) is 75.1 Å². The molecule has 2 unspecified atom stereocenters. The van der Waals surface area contributed by atoms with Crippen LogP contribution in [0.25, 0.3) is 5.69 Å². The van der Waals surface area contributed by atoms with Crippen LogP contribution in [0.5, 0.6) is 0 Å². The number of fused-ring (bicyclic) bond motifs is 3. The molecule has 0 aliphatic carbocycles. The quantitative estimate of drug-likeness (QED) is 0.426. The second kappa shape index (κ2) is 7.25. The normalized spacial score (nSPS) is 21.7. The van der Waals surface area contributed by atoms with Gasteiger partial charge in [-0.05, 0) is 30.5 Å². The molecule has 2 aromatic rings. The zero-order valence-corrected chi connectivity index (χ0v) is 15.8. The van der Waals surface area contributed by atoms with Crippen molar-refractivity contribution >= 4 is 15.9 Å². The monoisotopic (exact) mass is 417 g/mol. The molecule has 7 heteroatoms. The highest BCUT2D eigenvalue weighted by molar-refractivity contribution is 9.09. The number of nitrogens with zero attached hydrogens (tertiary/aromatic N) is 3. The summed E-state index contributed by atoms with van der Waals surface area (Å²) in [6.07, 6.45) is 7.88. The van der Waals surface area contributed by atoms with Crippen molar-refractivity contribution in [1.29, 1.82) is 0 Å². The lowest BCUT2D eigenvalue weighted by atomic mass is 10.0. The van der Waals surface area contributed by atoms with E-state index in [1.807, 2.05) is 30.4 Å². The number of hydrogen-bond donors (Lipinski definition) is 0. The number of hydrogen-bond acceptors (Lipinski definition) is 3. The summed E-state index contributed by atoms with van der Waals surface area (Å²) in [6, 6.07) is 8.79. The first-order valence-corrected chi connectivity index (χ1v) is 9.87. The maximum Gasteiger partial charge on any atom is 0.352 e. The number of halogens is 1. The van der Waals surface area contributed by atoms with Crippen molar-refractivity contribution in [2.24, 2.45) is 0 Å². The van der Waals surface area contributed by atoms with Gasteiger partial charge in [-0.3, -0.25) is 0 Å². The van der Waals surface area contributed by atoms with Gasteiger partial charge in [-0.25, -0.2) is 23.5 Å². The van der Waals surface area contributed by atoms with Crippen molar-refractivity contribution in [2.45, 2.75) is 31.5 Å². The molecule has 1 saturated heterocycles. The number of para-hydroxylation sites is 1. The fourth-order valence-electron chi connectivity index (χ4n) is 3.57. The molecule has 1 aromatic heterocycles. The number of alkyl halides is 1. The first-order chi connectivity index (χ1) is 12.7. The second-order valence-electron chi connectivity index (χ2n) is 6.42. The Kier molecular flexibility index (Phi) is 4.82. The Morgan fingerprint density at radius 2 is 2.00 bits per heavy atom. The van der Waals surface area contributed by atoms with Crippen LogP contribution < -0.4 is 11.4 Å². The van der Waals surface area contributed by atoms with Gasteiger partial charge in [-0.15, -0.1) is 0 Å². The third kappa shape index (κ3) is 2.85. The number of allylic oxidation sites excluding steroid dienone is 2. The molecule has 3 heterocycles. The topological polar surface area (TPSA) is 58.2 Å². The Morgan fingerprint density at radius 1 is 1.19 bits per heavy atom. The molecule has 0 N–H and O–H groups in total. The fraction of sp³-hybridized carbons (Fsp3) is 0.368. The van der Waals surface area contributed by atoms with E-state index >= 15 is 0 Å². The molecule has 0 amide bonds. The van der Waals surface area contributed by atoms with Crippen molar-refractivity contribution in [3.63, 3.8) is 0 Å². The number of rotatable bonds is 5. The number of unbranched alkanes of at least 4 members (excludes halogenated alkanes) is 1. The molecule has 4 rings (SSSR count). The largest absolute Gasteiger partial charge is 0.367 e. The highest BCUT2D eigenvalue weighted by Crippen LogP contribution is 2.33. The van der Waals surface area contributed by atoms with E-state index in [1.165, 1.54) is 9.25 Å². The average Bonchev–Trinajstić information content (AvgIpc) is 3.18. The Hall–Kier alpha value is -2.12. The van der Waals surface area contributed by atoms with Crippen LogP contribution in [0.4, 0.5) is 0 Å². The zero-order chi connectivity index (χ0) is 18.1. The molecule has 136 valence electrons. The van der Waals surface area contributed by atoms with Gasteiger partial charge >= 0.3 is 11.4 Å². The predicted molar refractivity (Wildman–Crippen MR) is 103 cm³/mol. The van der Waals surface area contributed by atoms with Gasteiger partial charge in [0, 0.05) is 5.33 Å². The van der Waals surface area contributed by atoms with E-state index in [4.69, 9.17) is 4.74 Å². The molecule has 1 fully saturated rings. The molecule has 1 aromatic carbocycles. The van der Waals surface area contributed by atoms with E-state index in [1.54, 1.807) is 16.8 Å². The minimum atomic E-state index is -0.318. The molecule has 2 atom stereocenters. The number of aromatic nitrogens is 3. The van der Waals surface area contributed by atoms with Crippen molar-refractivity contribution < 1.29 is 4.74 Å². The molecular formula is C19H20BrN3O3. The molecule has 0 radical (unpaired) electrons. The van der Waals surface area contributed by atoms with Crippen LogP contribution in [0, 0.1) is 0 Å². The van der Waals surface area contributed by atoms with Crippen LogP contribution in [0.1, 0.15) is 18.9 Å². The van der Waals surface area contributed by atoms with Crippen molar-refractivity contribution in [3.8, 4) is 5.69 Å². The SMILES string of the molecule is O=c1n(-c2ccccc2)c(=O)n2n1CC=C1COC(/C=C/CCCBr)C12. The van der Waals surface area contributed by atoms with Gasteiger partial charge in [-0.1, -0.05) is 52.4 Å². The summed E-state index contributed by atoms with van der Waals surface area (Å²) in [5, 5.41) is 0.955. The highest BCUT2D eigenvalue weighted by Gasteiger charge is 2.38. The second-order valence-corrected chi connectivity index (χ2v) is 7.21. The molecular weight excluding hydrogens is 398 g/mol. The molecule has 2 aliphatic rings. The summed E-state index contributed by atoms with van der Waals surface area (Å²) in [5.74, 6) is 0. The van der Waals surface area contributed by atoms with Crippen LogP contribution in [0.2, 0.25) is 0 Å². The lowest BCUT2D eigenvalue weighted by Crippen LogP contribution is -2.37. The first kappa shape index (κ1) is 17.3. The maximum atomic E-state index is 13.1. The van der Waals surface area contributed by atoms with Crippen molar-refractivity contribution in [1.82, 2.24) is 13.9 Å². The van der Waals surface area contributed by atoms with E-state index in [0.717, 1.165) is 23.7 Å². The van der Waals surface area contributed by atoms with E-state index in [-0.39, 0.29) is 23.5 Å². The van der Waals surface area contributed by atoms with Gasteiger partial charge in [0.15, 0.2) is 0 Å². The molecule has 26 heavy (non-hydrogen) atoms. The molecule has 2 aliphatic heterocycles. The average molecular weight is 418 g/mol. The number of benzene rings is 1. The first-order valence-electron chi connectivity index (χ1n) is 8.75. The standard InChI is InChI=1S/C19H20BrN3O3/c20-11-6-2-5-9-16-17-14(13-26-16)10-12-21-18(24)22(19(25)23(17)21)15-7-3-1-4-8-15/h1,3-5,7-10,16-17H,2,6,11-13H2/b9-5+. The van der Waals surface area contributed by atoms with Crippen LogP contribution in [-0.2, 0) is 11.3 Å². The zero-order valence-electron chi connectivity index (χ0n) is 14.3. The van der Waals surface area contributed by atoms with Gasteiger partial charge in [0.25, 0.3) is 0 Å². The maximum absolute atomic E-state index is 13.1. The predicted octanol–water partition coefficient (Wildman–Crippen LogP) is 2.41. The van der Waals surface area contributed by atoms with Gasteiger partial charge in [0.1, 0.15) is 12.1 Å². The fourth-order valence-corrected chi connectivity index (χ4v) is 3.90. The van der Waals surface area contributed by atoms with Gasteiger partial charge in [0.2, 0.25) is 0 Å². The highest BCUT2D eigenvalue weighted by atomic mass is 79.9. The summed E-state index contributed by atoms with van der Waals surface area (Å²) < 4.78 is 10.2. The van der Waals surface area contributed by atoms with Crippen molar-refractivity contribution in [2.75, 3.05) is 11.9 Å².